The van der Waals surface area contributed by atoms with Gasteiger partial charge in [0.15, 0.2) is 5.71 Å². The molecular weight excluding hydrogens is 447 g/mol. The van der Waals surface area contributed by atoms with Crippen molar-refractivity contribution in [2.45, 2.75) is 52.8 Å². The van der Waals surface area contributed by atoms with E-state index in [0.29, 0.717) is 19.0 Å². The molecule has 2 aromatic rings. The van der Waals surface area contributed by atoms with Crippen LogP contribution in [-0.4, -0.2) is 38.3 Å². The van der Waals surface area contributed by atoms with Crippen LogP contribution in [0.1, 0.15) is 43.4 Å². The minimum atomic E-state index is -4.61. The summed E-state index contributed by atoms with van der Waals surface area (Å²) in [7, 11) is 1.08. The summed E-state index contributed by atoms with van der Waals surface area (Å²) >= 11 is 0. The Balaban J connectivity index is 1.84. The number of oxime groups is 1. The Morgan fingerprint density at radius 3 is 2.24 bits per heavy atom. The van der Waals surface area contributed by atoms with Gasteiger partial charge in [-0.3, -0.25) is 0 Å². The maximum Gasteiger partial charge on any atom is 0.437 e. The number of rotatable bonds is 12. The van der Waals surface area contributed by atoms with Gasteiger partial charge in [-0.25, -0.2) is 0 Å². The first-order chi connectivity index (χ1) is 16.2. The summed E-state index contributed by atoms with van der Waals surface area (Å²) in [5.41, 5.74) is 0.840. The second kappa shape index (κ2) is 12.9. The van der Waals surface area contributed by atoms with Gasteiger partial charge in [0.25, 0.3) is 0 Å². The third-order valence-electron chi connectivity index (χ3n) is 4.93. The molecular formula is C26H32F3NO4. The molecule has 5 nitrogen and oxygen atoms in total. The second-order valence-electron chi connectivity index (χ2n) is 7.83. The first kappa shape index (κ1) is 27.1. The van der Waals surface area contributed by atoms with E-state index in [1.807, 2.05) is 52.0 Å². The third kappa shape index (κ3) is 8.32. The van der Waals surface area contributed by atoms with Crippen LogP contribution in [0.4, 0.5) is 13.2 Å². The number of ether oxygens (including phenoxy) is 3. The average molecular weight is 480 g/mol. The lowest BCUT2D eigenvalue weighted by Gasteiger charge is -2.17. The molecule has 0 aromatic heterocycles. The molecule has 0 saturated carbocycles. The Morgan fingerprint density at radius 1 is 1.03 bits per heavy atom. The van der Waals surface area contributed by atoms with Gasteiger partial charge in [0.05, 0.1) is 12.7 Å². The summed E-state index contributed by atoms with van der Waals surface area (Å²) in [6.07, 6.45) is 0.636. The summed E-state index contributed by atoms with van der Waals surface area (Å²) in [5, 5.41) is 3.09. The largest absolute Gasteiger partial charge is 0.493 e. The quantitative estimate of drug-likeness (QED) is 0.145. The van der Waals surface area contributed by atoms with E-state index in [-0.39, 0.29) is 11.7 Å². The van der Waals surface area contributed by atoms with E-state index in [2.05, 4.69) is 9.99 Å². The van der Waals surface area contributed by atoms with Gasteiger partial charge in [-0.05, 0) is 88.1 Å². The third-order valence-corrected chi connectivity index (χ3v) is 4.93. The van der Waals surface area contributed by atoms with E-state index in [0.717, 1.165) is 42.6 Å². The SMILES string of the molecule is C/C=C/COc1cc(C)c(OCCCC(C)Oc2ccc(/C(=N/OC)C(F)(F)F)cc2)c(C)c1. The molecule has 0 saturated heterocycles. The topological polar surface area (TPSA) is 49.3 Å². The van der Waals surface area contributed by atoms with E-state index >= 15 is 0 Å². The van der Waals surface area contributed by atoms with Gasteiger partial charge in [-0.2, -0.15) is 13.2 Å². The molecule has 0 aliphatic heterocycles. The molecule has 0 aliphatic rings. The van der Waals surface area contributed by atoms with Crippen molar-refractivity contribution in [1.82, 2.24) is 0 Å². The van der Waals surface area contributed by atoms with Crippen LogP contribution < -0.4 is 14.2 Å². The zero-order valence-electron chi connectivity index (χ0n) is 20.2. The summed E-state index contributed by atoms with van der Waals surface area (Å²) in [6.45, 7) is 8.89. The van der Waals surface area contributed by atoms with Gasteiger partial charge < -0.3 is 19.0 Å². The van der Waals surface area contributed by atoms with Crippen molar-refractivity contribution in [3.05, 3.63) is 65.2 Å². The molecule has 0 fully saturated rings. The summed E-state index contributed by atoms with van der Waals surface area (Å²) in [5.74, 6) is 2.14. The molecule has 0 amide bonds. The first-order valence-electron chi connectivity index (χ1n) is 11.1. The lowest BCUT2D eigenvalue weighted by atomic mass is 10.1. The van der Waals surface area contributed by atoms with Crippen LogP contribution >= 0.6 is 0 Å². The fourth-order valence-corrected chi connectivity index (χ4v) is 3.35. The highest BCUT2D eigenvalue weighted by Crippen LogP contribution is 2.29. The van der Waals surface area contributed by atoms with Gasteiger partial charge in [0.2, 0.25) is 0 Å². The number of nitrogens with zero attached hydrogens (tertiary/aromatic N) is 1. The lowest BCUT2D eigenvalue weighted by molar-refractivity contribution is -0.0608. The van der Waals surface area contributed by atoms with Crippen molar-refractivity contribution in [3.8, 4) is 17.2 Å². The molecule has 34 heavy (non-hydrogen) atoms. The van der Waals surface area contributed by atoms with Crippen molar-refractivity contribution in [1.29, 1.82) is 0 Å². The minimum Gasteiger partial charge on any atom is -0.493 e. The fraction of sp³-hybridized carbons (Fsp3) is 0.423. The number of hydrogen-bond donors (Lipinski definition) is 0. The van der Waals surface area contributed by atoms with Crippen LogP contribution in [0.3, 0.4) is 0 Å². The standard InChI is InChI=1S/C26H32F3NO4/c1-6-7-14-32-23-16-18(2)24(19(3)17-23)33-15-8-9-20(4)34-22-12-10-21(11-13-22)25(30-31-5)26(27,28)29/h6-7,10-13,16-17,20H,8-9,14-15H2,1-5H3/b7-6+,30-25-. The molecule has 1 atom stereocenters. The predicted molar refractivity (Wildman–Crippen MR) is 127 cm³/mol. The molecule has 1 unspecified atom stereocenters. The predicted octanol–water partition coefficient (Wildman–Crippen LogP) is 6.80. The average Bonchev–Trinajstić information content (AvgIpc) is 2.76. The number of allylic oxidation sites excluding steroid dienone is 1. The normalized spacial score (nSPS) is 13.1. The Labute approximate surface area is 199 Å². The Kier molecular flexibility index (Phi) is 10.3. The molecule has 186 valence electrons. The maximum absolute atomic E-state index is 13.1. The van der Waals surface area contributed by atoms with Crippen LogP contribution in [0, 0.1) is 13.8 Å². The van der Waals surface area contributed by atoms with E-state index in [4.69, 9.17) is 14.2 Å². The Hall–Kier alpha value is -3.16. The number of aryl methyl sites for hydroxylation is 2. The Morgan fingerprint density at radius 2 is 1.68 bits per heavy atom. The molecule has 0 aliphatic carbocycles. The van der Waals surface area contributed by atoms with Crippen LogP contribution in [-0.2, 0) is 4.84 Å². The fourth-order valence-electron chi connectivity index (χ4n) is 3.35. The van der Waals surface area contributed by atoms with Gasteiger partial charge in [0.1, 0.15) is 31.0 Å². The molecule has 2 aromatic carbocycles. The van der Waals surface area contributed by atoms with Gasteiger partial charge >= 0.3 is 6.18 Å². The van der Waals surface area contributed by atoms with E-state index in [9.17, 15) is 13.2 Å². The van der Waals surface area contributed by atoms with Crippen molar-refractivity contribution in [3.63, 3.8) is 0 Å². The van der Waals surface area contributed by atoms with Crippen LogP contribution in [0.25, 0.3) is 0 Å². The Bertz CT molecular complexity index is 946. The van der Waals surface area contributed by atoms with Gasteiger partial charge in [-0.15, -0.1) is 0 Å². The minimum absolute atomic E-state index is 0.0910. The summed E-state index contributed by atoms with van der Waals surface area (Å²) in [4.78, 5) is 4.32. The first-order valence-corrected chi connectivity index (χ1v) is 11.1. The molecule has 0 heterocycles. The van der Waals surface area contributed by atoms with Crippen LogP contribution in [0.2, 0.25) is 0 Å². The highest BCUT2D eigenvalue weighted by Gasteiger charge is 2.37. The molecule has 0 N–H and O–H groups in total. The zero-order chi connectivity index (χ0) is 25.1. The highest BCUT2D eigenvalue weighted by molar-refractivity contribution is 6.04. The van der Waals surface area contributed by atoms with E-state index < -0.39 is 11.9 Å². The number of hydrogen-bond acceptors (Lipinski definition) is 5. The number of benzene rings is 2. The molecule has 0 radical (unpaired) electrons. The van der Waals surface area contributed by atoms with E-state index in [1.165, 1.54) is 24.3 Å². The number of alkyl halides is 3. The van der Waals surface area contributed by atoms with Crippen molar-refractivity contribution >= 4 is 5.71 Å². The van der Waals surface area contributed by atoms with Crippen LogP contribution in [0.15, 0.2) is 53.7 Å². The van der Waals surface area contributed by atoms with Gasteiger partial charge in [-0.1, -0.05) is 17.3 Å². The highest BCUT2D eigenvalue weighted by atomic mass is 19.4. The van der Waals surface area contributed by atoms with Crippen LogP contribution in [0.5, 0.6) is 17.2 Å². The molecule has 0 spiro atoms. The van der Waals surface area contributed by atoms with Crippen molar-refractivity contribution < 1.29 is 32.2 Å². The lowest BCUT2D eigenvalue weighted by Crippen LogP contribution is -2.24. The monoisotopic (exact) mass is 479 g/mol. The summed E-state index contributed by atoms with van der Waals surface area (Å²) in [6, 6.07) is 9.53. The zero-order valence-corrected chi connectivity index (χ0v) is 20.2. The maximum atomic E-state index is 13.1. The smallest absolute Gasteiger partial charge is 0.437 e. The summed E-state index contributed by atoms with van der Waals surface area (Å²) < 4.78 is 56.7. The molecule has 8 heteroatoms. The van der Waals surface area contributed by atoms with Crippen molar-refractivity contribution in [2.75, 3.05) is 20.3 Å². The van der Waals surface area contributed by atoms with E-state index in [1.54, 1.807) is 0 Å². The number of halogens is 3. The second-order valence-corrected chi connectivity index (χ2v) is 7.83. The van der Waals surface area contributed by atoms with Crippen molar-refractivity contribution in [2.24, 2.45) is 5.16 Å². The molecule has 2 rings (SSSR count). The molecule has 0 bridgehead atoms. The van der Waals surface area contributed by atoms with Gasteiger partial charge in [0, 0.05) is 5.56 Å².